The van der Waals surface area contributed by atoms with Crippen LogP contribution in [0.5, 0.6) is 11.5 Å². The van der Waals surface area contributed by atoms with E-state index in [0.717, 1.165) is 53.0 Å². The van der Waals surface area contributed by atoms with Gasteiger partial charge in [-0.15, -0.1) is 0 Å². The van der Waals surface area contributed by atoms with Crippen LogP contribution in [0.1, 0.15) is 30.3 Å². The quantitative estimate of drug-likeness (QED) is 0.820. The molecule has 2 rings (SSSR count). The van der Waals surface area contributed by atoms with E-state index in [-0.39, 0.29) is 0 Å². The summed E-state index contributed by atoms with van der Waals surface area (Å²) in [6.07, 6.45) is 1.09. The smallest absolute Gasteiger partial charge is 0.171 e. The van der Waals surface area contributed by atoms with Crippen molar-refractivity contribution in [2.75, 3.05) is 6.54 Å². The Morgan fingerprint density at radius 3 is 2.71 bits per heavy atom. The van der Waals surface area contributed by atoms with Gasteiger partial charge in [-0.1, -0.05) is 18.5 Å². The van der Waals surface area contributed by atoms with Crippen LogP contribution in [0, 0.1) is 13.8 Å². The lowest BCUT2D eigenvalue weighted by Crippen LogP contribution is -2.14. The average molecular weight is 308 g/mol. The van der Waals surface area contributed by atoms with Gasteiger partial charge in [0.05, 0.1) is 5.69 Å². The first-order valence-corrected chi connectivity index (χ1v) is 7.58. The second kappa shape index (κ2) is 6.96. The molecule has 1 aromatic carbocycles. The molecule has 5 heteroatoms. The zero-order valence-electron chi connectivity index (χ0n) is 13.0. The first kappa shape index (κ1) is 15.9. The lowest BCUT2D eigenvalue weighted by molar-refractivity contribution is 0.465. The van der Waals surface area contributed by atoms with Gasteiger partial charge in [-0.25, -0.2) is 0 Å². The van der Waals surface area contributed by atoms with Gasteiger partial charge in [0, 0.05) is 24.2 Å². The van der Waals surface area contributed by atoms with E-state index in [4.69, 9.17) is 16.3 Å². The highest BCUT2D eigenvalue weighted by Crippen LogP contribution is 2.31. The van der Waals surface area contributed by atoms with E-state index in [1.165, 1.54) is 0 Å². The summed E-state index contributed by atoms with van der Waals surface area (Å²) < 4.78 is 7.92. The van der Waals surface area contributed by atoms with Gasteiger partial charge in [0.15, 0.2) is 5.75 Å². The van der Waals surface area contributed by atoms with Crippen molar-refractivity contribution in [2.45, 2.75) is 33.7 Å². The molecule has 0 amide bonds. The molecule has 2 aromatic rings. The summed E-state index contributed by atoms with van der Waals surface area (Å²) in [5, 5.41) is 8.48. The number of aromatic nitrogens is 2. The number of nitrogens with zero attached hydrogens (tertiary/aromatic N) is 2. The summed E-state index contributed by atoms with van der Waals surface area (Å²) in [5.74, 6) is 1.64. The van der Waals surface area contributed by atoms with Crippen LogP contribution in [-0.2, 0) is 13.6 Å². The largest absolute Gasteiger partial charge is 0.453 e. The number of halogens is 1. The standard InChI is InChI=1S/C16H22ClN3O/c1-5-8-18-10-13-9-14(17)6-7-15(13)21-16-11(2)19-20(4)12(16)3/h6-7,9,18H,5,8,10H2,1-4H3. The molecule has 0 unspecified atom stereocenters. The van der Waals surface area contributed by atoms with Crippen molar-refractivity contribution in [3.63, 3.8) is 0 Å². The van der Waals surface area contributed by atoms with Gasteiger partial charge in [0.25, 0.3) is 0 Å². The Bertz CT molecular complexity index is 622. The number of ether oxygens (including phenoxy) is 1. The molecule has 0 fully saturated rings. The molecule has 1 heterocycles. The maximum Gasteiger partial charge on any atom is 0.171 e. The average Bonchev–Trinajstić information content (AvgIpc) is 2.68. The molecule has 0 spiro atoms. The van der Waals surface area contributed by atoms with Crippen LogP contribution < -0.4 is 10.1 Å². The molecule has 0 aliphatic rings. The number of hydrogen-bond acceptors (Lipinski definition) is 3. The molecule has 1 N–H and O–H groups in total. The fraction of sp³-hybridized carbons (Fsp3) is 0.438. The van der Waals surface area contributed by atoms with Gasteiger partial charge < -0.3 is 10.1 Å². The van der Waals surface area contributed by atoms with Gasteiger partial charge in [-0.3, -0.25) is 4.68 Å². The first-order chi connectivity index (χ1) is 10.0. The molecule has 0 radical (unpaired) electrons. The van der Waals surface area contributed by atoms with Gasteiger partial charge in [-0.05, 0) is 45.0 Å². The molecule has 21 heavy (non-hydrogen) atoms. The predicted octanol–water partition coefficient (Wildman–Crippen LogP) is 3.98. The van der Waals surface area contributed by atoms with Crippen molar-refractivity contribution in [1.29, 1.82) is 0 Å². The maximum absolute atomic E-state index is 6.10. The minimum absolute atomic E-state index is 0.718. The molecular formula is C16H22ClN3O. The van der Waals surface area contributed by atoms with E-state index in [0.29, 0.717) is 0 Å². The Kier molecular flexibility index (Phi) is 5.26. The highest BCUT2D eigenvalue weighted by molar-refractivity contribution is 6.30. The van der Waals surface area contributed by atoms with Crippen molar-refractivity contribution < 1.29 is 4.74 Å². The van der Waals surface area contributed by atoms with E-state index < -0.39 is 0 Å². The Hall–Kier alpha value is -1.52. The van der Waals surface area contributed by atoms with Crippen LogP contribution in [-0.4, -0.2) is 16.3 Å². The van der Waals surface area contributed by atoms with E-state index in [9.17, 15) is 0 Å². The third-order valence-electron chi connectivity index (χ3n) is 3.42. The molecule has 0 saturated carbocycles. The van der Waals surface area contributed by atoms with Crippen LogP contribution in [0.4, 0.5) is 0 Å². The fourth-order valence-electron chi connectivity index (χ4n) is 2.20. The SMILES string of the molecule is CCCNCc1cc(Cl)ccc1Oc1c(C)nn(C)c1C. The second-order valence-corrected chi connectivity index (χ2v) is 5.59. The molecule has 114 valence electrons. The van der Waals surface area contributed by atoms with Gasteiger partial charge >= 0.3 is 0 Å². The lowest BCUT2D eigenvalue weighted by atomic mass is 10.2. The molecular weight excluding hydrogens is 286 g/mol. The number of rotatable bonds is 6. The Labute approximate surface area is 131 Å². The highest BCUT2D eigenvalue weighted by Gasteiger charge is 2.14. The van der Waals surface area contributed by atoms with Crippen LogP contribution in [0.25, 0.3) is 0 Å². The molecule has 1 aromatic heterocycles. The van der Waals surface area contributed by atoms with Gasteiger partial charge in [-0.2, -0.15) is 5.10 Å². The Morgan fingerprint density at radius 2 is 2.10 bits per heavy atom. The molecule has 0 atom stereocenters. The topological polar surface area (TPSA) is 39.1 Å². The predicted molar refractivity (Wildman–Crippen MR) is 86.2 cm³/mol. The second-order valence-electron chi connectivity index (χ2n) is 5.15. The van der Waals surface area contributed by atoms with E-state index in [2.05, 4.69) is 17.3 Å². The molecule has 0 saturated heterocycles. The third kappa shape index (κ3) is 3.77. The molecule has 4 nitrogen and oxygen atoms in total. The normalized spacial score (nSPS) is 10.9. The summed E-state index contributed by atoms with van der Waals surface area (Å²) in [4.78, 5) is 0. The number of nitrogens with one attached hydrogen (secondary N) is 1. The molecule has 0 aliphatic carbocycles. The zero-order valence-corrected chi connectivity index (χ0v) is 13.8. The molecule has 0 aliphatic heterocycles. The van der Waals surface area contributed by atoms with Gasteiger partial charge in [0.2, 0.25) is 0 Å². The molecule has 0 bridgehead atoms. The monoisotopic (exact) mass is 307 g/mol. The number of hydrogen-bond donors (Lipinski definition) is 1. The van der Waals surface area contributed by atoms with Crippen LogP contribution in [0.15, 0.2) is 18.2 Å². The fourth-order valence-corrected chi connectivity index (χ4v) is 2.39. The van der Waals surface area contributed by atoms with Gasteiger partial charge in [0.1, 0.15) is 11.4 Å². The summed E-state index contributed by atoms with van der Waals surface area (Å²) in [7, 11) is 1.92. The Balaban J connectivity index is 2.26. The van der Waals surface area contributed by atoms with E-state index >= 15 is 0 Å². The Morgan fingerprint density at radius 1 is 1.33 bits per heavy atom. The lowest BCUT2D eigenvalue weighted by Gasteiger charge is -2.12. The van der Waals surface area contributed by atoms with Crippen molar-refractivity contribution in [2.24, 2.45) is 7.05 Å². The summed E-state index contributed by atoms with van der Waals surface area (Å²) in [6, 6.07) is 5.71. The summed E-state index contributed by atoms with van der Waals surface area (Å²) >= 11 is 6.10. The van der Waals surface area contributed by atoms with Crippen molar-refractivity contribution in [3.05, 3.63) is 40.2 Å². The number of benzene rings is 1. The first-order valence-electron chi connectivity index (χ1n) is 7.20. The number of aryl methyl sites for hydroxylation is 2. The van der Waals surface area contributed by atoms with Crippen LogP contribution >= 0.6 is 11.6 Å². The van der Waals surface area contributed by atoms with E-state index in [1.807, 2.05) is 43.8 Å². The zero-order chi connectivity index (χ0) is 15.4. The highest BCUT2D eigenvalue weighted by atomic mass is 35.5. The van der Waals surface area contributed by atoms with Crippen LogP contribution in [0.3, 0.4) is 0 Å². The third-order valence-corrected chi connectivity index (χ3v) is 3.65. The van der Waals surface area contributed by atoms with E-state index in [1.54, 1.807) is 0 Å². The minimum Gasteiger partial charge on any atom is -0.453 e. The van der Waals surface area contributed by atoms with Crippen LogP contribution in [0.2, 0.25) is 5.02 Å². The minimum atomic E-state index is 0.718. The summed E-state index contributed by atoms with van der Waals surface area (Å²) in [5.41, 5.74) is 2.95. The van der Waals surface area contributed by atoms with Crippen molar-refractivity contribution in [1.82, 2.24) is 15.1 Å². The maximum atomic E-state index is 6.10. The van der Waals surface area contributed by atoms with Crippen molar-refractivity contribution in [3.8, 4) is 11.5 Å². The summed E-state index contributed by atoms with van der Waals surface area (Å²) in [6.45, 7) is 7.80. The van der Waals surface area contributed by atoms with Crippen molar-refractivity contribution >= 4 is 11.6 Å².